The highest BCUT2D eigenvalue weighted by Gasteiger charge is 2.47. The van der Waals surface area contributed by atoms with Gasteiger partial charge in [0.05, 0.1) is 23.6 Å². The topological polar surface area (TPSA) is 79.0 Å². The number of rotatable bonds is 7. The molecule has 1 N–H and O–H groups in total. The predicted molar refractivity (Wildman–Crippen MR) is 147 cm³/mol. The highest BCUT2D eigenvalue weighted by Crippen LogP contribution is 2.35. The minimum absolute atomic E-state index is 0.0629. The summed E-state index contributed by atoms with van der Waals surface area (Å²) < 4.78 is 35.8. The largest absolute Gasteiger partial charge is 0.371 e. The number of sulfonamides is 1. The number of anilines is 1. The number of nitrogens with zero attached hydrogens (tertiary/aromatic N) is 2. The van der Waals surface area contributed by atoms with Gasteiger partial charge >= 0.3 is 0 Å². The molecule has 202 valence electrons. The summed E-state index contributed by atoms with van der Waals surface area (Å²) in [4.78, 5) is 15.4. The van der Waals surface area contributed by atoms with Gasteiger partial charge in [-0.15, -0.1) is 0 Å². The Balaban J connectivity index is 1.51. The fourth-order valence-electron chi connectivity index (χ4n) is 5.64. The number of ether oxygens (including phenoxy) is 1. The molecule has 8 heteroatoms. The van der Waals surface area contributed by atoms with E-state index < -0.39 is 15.6 Å². The number of morpholine rings is 1. The van der Waals surface area contributed by atoms with Gasteiger partial charge in [0.25, 0.3) is 0 Å². The summed E-state index contributed by atoms with van der Waals surface area (Å²) >= 11 is 0. The van der Waals surface area contributed by atoms with E-state index in [4.69, 9.17) is 4.74 Å². The third-order valence-corrected chi connectivity index (χ3v) is 9.45. The Morgan fingerprint density at radius 2 is 1.76 bits per heavy atom. The van der Waals surface area contributed by atoms with Gasteiger partial charge in [0.2, 0.25) is 15.9 Å². The zero-order valence-corrected chi connectivity index (χ0v) is 23.6. The lowest BCUT2D eigenvalue weighted by Crippen LogP contribution is -2.64. The molecule has 2 atom stereocenters. The lowest BCUT2D eigenvalue weighted by Gasteiger charge is -2.50. The number of carbonyl (C=O) groups is 1. The van der Waals surface area contributed by atoms with Gasteiger partial charge in [-0.25, -0.2) is 8.42 Å². The van der Waals surface area contributed by atoms with E-state index in [2.05, 4.69) is 24.1 Å². The molecule has 4 rings (SSSR count). The predicted octanol–water partition coefficient (Wildman–Crippen LogP) is 4.52. The molecule has 0 radical (unpaired) electrons. The lowest BCUT2D eigenvalue weighted by atomic mass is 9.89. The van der Waals surface area contributed by atoms with Crippen LogP contribution in [0.3, 0.4) is 0 Å². The summed E-state index contributed by atoms with van der Waals surface area (Å²) in [5, 5.41) is 3.08. The van der Waals surface area contributed by atoms with Crippen LogP contribution in [0, 0.1) is 26.7 Å². The number of benzene rings is 2. The van der Waals surface area contributed by atoms with Crippen LogP contribution in [0.1, 0.15) is 49.8 Å². The van der Waals surface area contributed by atoms with Gasteiger partial charge < -0.3 is 10.1 Å². The van der Waals surface area contributed by atoms with Crippen LogP contribution >= 0.6 is 0 Å². The molecule has 2 saturated heterocycles. The van der Waals surface area contributed by atoms with Crippen molar-refractivity contribution in [2.24, 2.45) is 5.92 Å². The summed E-state index contributed by atoms with van der Waals surface area (Å²) in [6.45, 7) is 12.4. The molecular weight excluding hydrogens is 486 g/mol. The molecule has 0 bridgehead atoms. The second kappa shape index (κ2) is 11.2. The first-order chi connectivity index (χ1) is 17.5. The summed E-state index contributed by atoms with van der Waals surface area (Å²) in [6, 6.07) is 12.8. The molecule has 37 heavy (non-hydrogen) atoms. The van der Waals surface area contributed by atoms with Gasteiger partial charge in [-0.05, 0) is 75.8 Å². The van der Waals surface area contributed by atoms with E-state index in [-0.39, 0.29) is 18.5 Å². The van der Waals surface area contributed by atoms with Gasteiger partial charge in [0.15, 0.2) is 0 Å². The number of amides is 1. The highest BCUT2D eigenvalue weighted by atomic mass is 32.2. The number of piperidine rings is 1. The van der Waals surface area contributed by atoms with E-state index in [0.29, 0.717) is 30.5 Å². The number of para-hydroxylation sites is 1. The van der Waals surface area contributed by atoms with Crippen molar-refractivity contribution in [1.29, 1.82) is 0 Å². The van der Waals surface area contributed by atoms with E-state index in [1.54, 1.807) is 16.4 Å². The van der Waals surface area contributed by atoms with Crippen molar-refractivity contribution in [2.45, 2.75) is 70.4 Å². The number of hydrogen-bond acceptors (Lipinski definition) is 5. The van der Waals surface area contributed by atoms with Gasteiger partial charge in [-0.2, -0.15) is 4.31 Å². The van der Waals surface area contributed by atoms with Crippen LogP contribution < -0.4 is 5.32 Å². The van der Waals surface area contributed by atoms with E-state index in [1.807, 2.05) is 51.1 Å². The molecule has 2 aromatic carbocycles. The summed E-state index contributed by atoms with van der Waals surface area (Å²) in [6.07, 6.45) is 2.36. The van der Waals surface area contributed by atoms with E-state index in [0.717, 1.165) is 48.2 Å². The van der Waals surface area contributed by atoms with Crippen molar-refractivity contribution in [3.8, 4) is 0 Å². The average molecular weight is 528 g/mol. The number of likely N-dealkylation sites (tertiary alicyclic amines) is 1. The molecule has 2 aliphatic rings. The van der Waals surface area contributed by atoms with E-state index in [9.17, 15) is 13.2 Å². The molecule has 0 aliphatic carbocycles. The maximum Gasteiger partial charge on any atom is 0.243 e. The normalized spacial score (nSPS) is 23.5. The van der Waals surface area contributed by atoms with Crippen molar-refractivity contribution in [1.82, 2.24) is 9.21 Å². The average Bonchev–Trinajstić information content (AvgIpc) is 2.83. The van der Waals surface area contributed by atoms with Crippen LogP contribution in [0.2, 0.25) is 0 Å². The first-order valence-corrected chi connectivity index (χ1v) is 14.7. The van der Waals surface area contributed by atoms with Crippen molar-refractivity contribution in [3.05, 3.63) is 59.2 Å². The third-order valence-electron chi connectivity index (χ3n) is 7.54. The maximum atomic E-state index is 13.8. The number of hydrogen-bond donors (Lipinski definition) is 1. The smallest absolute Gasteiger partial charge is 0.243 e. The second-order valence-corrected chi connectivity index (χ2v) is 13.2. The highest BCUT2D eigenvalue weighted by molar-refractivity contribution is 7.89. The molecule has 1 spiro atoms. The Labute approximate surface area is 222 Å². The van der Waals surface area contributed by atoms with Gasteiger partial charge in [-0.1, -0.05) is 49.7 Å². The molecule has 2 fully saturated rings. The fraction of sp³-hybridized carbons (Fsp3) is 0.552. The van der Waals surface area contributed by atoms with Crippen LogP contribution in [0.4, 0.5) is 5.69 Å². The molecule has 7 nitrogen and oxygen atoms in total. The first-order valence-electron chi connectivity index (χ1n) is 13.3. The maximum absolute atomic E-state index is 13.8. The minimum Gasteiger partial charge on any atom is -0.371 e. The third kappa shape index (κ3) is 6.42. The van der Waals surface area contributed by atoms with Crippen LogP contribution in [-0.4, -0.2) is 68.0 Å². The first kappa shape index (κ1) is 27.8. The molecule has 2 aliphatic heterocycles. The monoisotopic (exact) mass is 527 g/mol. The summed E-state index contributed by atoms with van der Waals surface area (Å²) in [7, 11) is -3.68. The Kier molecular flexibility index (Phi) is 8.43. The van der Waals surface area contributed by atoms with Crippen molar-refractivity contribution < 1.29 is 17.9 Å². The number of carbonyl (C=O) groups excluding carboxylic acids is 1. The molecular formula is C29H41N3O4S. The molecule has 2 heterocycles. The zero-order valence-electron chi connectivity index (χ0n) is 22.8. The van der Waals surface area contributed by atoms with Crippen LogP contribution in [0.25, 0.3) is 0 Å². The van der Waals surface area contributed by atoms with Gasteiger partial charge in [0, 0.05) is 24.8 Å². The van der Waals surface area contributed by atoms with Crippen LogP contribution in [0.5, 0.6) is 0 Å². The minimum atomic E-state index is -3.68. The van der Waals surface area contributed by atoms with Crippen LogP contribution in [0.15, 0.2) is 47.4 Å². The lowest BCUT2D eigenvalue weighted by molar-refractivity contribution is -0.146. The second-order valence-electron chi connectivity index (χ2n) is 11.3. The molecule has 0 saturated carbocycles. The Morgan fingerprint density at radius 1 is 1.08 bits per heavy atom. The summed E-state index contributed by atoms with van der Waals surface area (Å²) in [5.74, 6) is 0.280. The molecule has 0 aromatic heterocycles. The fourth-order valence-corrected chi connectivity index (χ4v) is 7.33. The number of nitrogens with one attached hydrogen (secondary N) is 1. The molecule has 2 aromatic rings. The van der Waals surface area contributed by atoms with Crippen molar-refractivity contribution in [3.63, 3.8) is 0 Å². The Morgan fingerprint density at radius 3 is 2.41 bits per heavy atom. The van der Waals surface area contributed by atoms with E-state index >= 15 is 0 Å². The summed E-state index contributed by atoms with van der Waals surface area (Å²) in [5.41, 5.74) is 3.33. The molecule has 1 amide bonds. The van der Waals surface area contributed by atoms with E-state index in [1.165, 1.54) is 0 Å². The SMILES string of the molecule is Cc1ccc(S(=O)(=O)N2C[C@]3(CCCN(CC(=O)Nc4c(C)cccc4C)C3)OC[C@@H]2CC(C)C)cc1. The van der Waals surface area contributed by atoms with Crippen molar-refractivity contribution >= 4 is 21.6 Å². The Hall–Kier alpha value is -2.26. The van der Waals surface area contributed by atoms with Gasteiger partial charge in [0.1, 0.15) is 0 Å². The standard InChI is InChI=1S/C29H41N3O4S/c1-21(2)16-25-18-36-29(20-32(25)37(34,35)26-12-10-22(3)11-13-26)14-7-15-31(19-29)17-27(33)30-28-23(4)8-6-9-24(28)5/h6,8-13,21,25H,7,14-20H2,1-5H3,(H,30,33)/t25-,29+/m0/s1. The zero-order chi connectivity index (χ0) is 26.8. The molecule has 0 unspecified atom stereocenters. The quantitative estimate of drug-likeness (QED) is 0.573. The van der Waals surface area contributed by atoms with Crippen LogP contribution in [-0.2, 0) is 19.6 Å². The van der Waals surface area contributed by atoms with Crippen molar-refractivity contribution in [2.75, 3.05) is 38.1 Å². The van der Waals surface area contributed by atoms with Gasteiger partial charge in [-0.3, -0.25) is 9.69 Å². The Bertz CT molecular complexity index is 1190. The number of aryl methyl sites for hydroxylation is 3.